The molecule has 0 bridgehead atoms. The molecule has 0 aliphatic heterocycles. The second-order valence-electron chi connectivity index (χ2n) is 4.17. The van der Waals surface area contributed by atoms with Crippen LogP contribution in [0.5, 0.6) is 11.5 Å². The van der Waals surface area contributed by atoms with E-state index in [1.165, 1.54) is 0 Å². The van der Waals surface area contributed by atoms with Crippen LogP contribution in [0.2, 0.25) is 10.0 Å². The van der Waals surface area contributed by atoms with Gasteiger partial charge in [-0.05, 0) is 35.9 Å². The van der Waals surface area contributed by atoms with Crippen LogP contribution in [0, 0.1) is 0 Å². The van der Waals surface area contributed by atoms with E-state index in [1.54, 1.807) is 43.5 Å². The molecule has 0 heterocycles. The number of aliphatic hydroxyl groups is 1. The van der Waals surface area contributed by atoms with Gasteiger partial charge < -0.3 is 14.6 Å². The van der Waals surface area contributed by atoms with Gasteiger partial charge in [0.25, 0.3) is 0 Å². The molecule has 0 saturated heterocycles. The SMILES string of the molecule is COc1cc(CO)ccc1OCc1cc(Cl)ccc1Cl. The fraction of sp³-hybridized carbons (Fsp3) is 0.200. The van der Waals surface area contributed by atoms with Crippen molar-refractivity contribution in [3.63, 3.8) is 0 Å². The highest BCUT2D eigenvalue weighted by Crippen LogP contribution is 2.30. The summed E-state index contributed by atoms with van der Waals surface area (Å²) < 4.78 is 10.9. The molecule has 0 unspecified atom stereocenters. The molecule has 0 amide bonds. The van der Waals surface area contributed by atoms with Crippen molar-refractivity contribution in [2.24, 2.45) is 0 Å². The van der Waals surface area contributed by atoms with Gasteiger partial charge in [0.05, 0.1) is 13.7 Å². The van der Waals surface area contributed by atoms with Crippen LogP contribution >= 0.6 is 23.2 Å². The Hall–Kier alpha value is -1.42. The normalized spacial score (nSPS) is 10.4. The Bertz CT molecular complexity index is 600. The second-order valence-corrected chi connectivity index (χ2v) is 5.01. The summed E-state index contributed by atoms with van der Waals surface area (Å²) in [7, 11) is 1.55. The molecule has 0 saturated carbocycles. The van der Waals surface area contributed by atoms with Gasteiger partial charge in [-0.25, -0.2) is 0 Å². The van der Waals surface area contributed by atoms with E-state index in [1.807, 2.05) is 0 Å². The zero-order valence-corrected chi connectivity index (χ0v) is 12.4. The summed E-state index contributed by atoms with van der Waals surface area (Å²) in [6.07, 6.45) is 0. The quantitative estimate of drug-likeness (QED) is 0.904. The minimum absolute atomic E-state index is 0.0449. The first-order chi connectivity index (χ1) is 9.63. The van der Waals surface area contributed by atoms with Crippen molar-refractivity contribution in [2.45, 2.75) is 13.2 Å². The number of hydrogen-bond donors (Lipinski definition) is 1. The van der Waals surface area contributed by atoms with E-state index in [2.05, 4.69) is 0 Å². The third kappa shape index (κ3) is 3.57. The van der Waals surface area contributed by atoms with E-state index in [-0.39, 0.29) is 13.2 Å². The average molecular weight is 313 g/mol. The summed E-state index contributed by atoms with van der Waals surface area (Å²) in [6, 6.07) is 10.5. The van der Waals surface area contributed by atoms with Crippen LogP contribution in [0.25, 0.3) is 0 Å². The summed E-state index contributed by atoms with van der Waals surface area (Å²) >= 11 is 12.0. The topological polar surface area (TPSA) is 38.7 Å². The average Bonchev–Trinajstić information content (AvgIpc) is 2.48. The van der Waals surface area contributed by atoms with Crippen molar-refractivity contribution in [3.8, 4) is 11.5 Å². The monoisotopic (exact) mass is 312 g/mol. The molecule has 0 aliphatic rings. The van der Waals surface area contributed by atoms with Gasteiger partial charge in [0, 0.05) is 15.6 Å². The van der Waals surface area contributed by atoms with Crippen LogP contribution in [0.3, 0.4) is 0 Å². The molecule has 5 heteroatoms. The summed E-state index contributed by atoms with van der Waals surface area (Å²) in [5.41, 5.74) is 1.56. The number of aliphatic hydroxyl groups excluding tert-OH is 1. The molecule has 0 fully saturated rings. The summed E-state index contributed by atoms with van der Waals surface area (Å²) in [4.78, 5) is 0. The van der Waals surface area contributed by atoms with Gasteiger partial charge in [-0.3, -0.25) is 0 Å². The molecule has 0 aromatic heterocycles. The summed E-state index contributed by atoms with van der Waals surface area (Å²) in [5, 5.41) is 10.3. The maximum absolute atomic E-state index is 9.09. The smallest absolute Gasteiger partial charge is 0.161 e. The molecular weight excluding hydrogens is 299 g/mol. The zero-order chi connectivity index (χ0) is 14.5. The van der Waals surface area contributed by atoms with Crippen LogP contribution in [-0.2, 0) is 13.2 Å². The van der Waals surface area contributed by atoms with Crippen molar-refractivity contribution < 1.29 is 14.6 Å². The lowest BCUT2D eigenvalue weighted by Crippen LogP contribution is -1.99. The first-order valence-corrected chi connectivity index (χ1v) is 6.74. The Morgan fingerprint density at radius 1 is 1.05 bits per heavy atom. The first-order valence-electron chi connectivity index (χ1n) is 5.98. The van der Waals surface area contributed by atoms with Crippen molar-refractivity contribution in [1.82, 2.24) is 0 Å². The van der Waals surface area contributed by atoms with E-state index in [0.29, 0.717) is 21.5 Å². The van der Waals surface area contributed by atoms with Crippen LogP contribution in [-0.4, -0.2) is 12.2 Å². The fourth-order valence-corrected chi connectivity index (χ4v) is 2.11. The van der Waals surface area contributed by atoms with Gasteiger partial charge in [-0.1, -0.05) is 29.3 Å². The number of rotatable bonds is 5. The number of methoxy groups -OCH3 is 1. The van der Waals surface area contributed by atoms with Gasteiger partial charge in [0.15, 0.2) is 11.5 Å². The molecule has 2 aromatic rings. The maximum Gasteiger partial charge on any atom is 0.161 e. The summed E-state index contributed by atoms with van der Waals surface area (Å²) in [6.45, 7) is 0.241. The molecule has 106 valence electrons. The van der Waals surface area contributed by atoms with E-state index < -0.39 is 0 Å². The standard InChI is InChI=1S/C15H14Cl2O3/c1-19-15-6-10(8-18)2-5-14(15)20-9-11-7-12(16)3-4-13(11)17/h2-7,18H,8-9H2,1H3. The Morgan fingerprint density at radius 2 is 1.85 bits per heavy atom. The molecule has 20 heavy (non-hydrogen) atoms. The van der Waals surface area contributed by atoms with Crippen molar-refractivity contribution in [2.75, 3.05) is 7.11 Å². The van der Waals surface area contributed by atoms with E-state index >= 15 is 0 Å². The van der Waals surface area contributed by atoms with Gasteiger partial charge in [-0.2, -0.15) is 0 Å². The molecule has 3 nitrogen and oxygen atoms in total. The minimum Gasteiger partial charge on any atom is -0.493 e. The lowest BCUT2D eigenvalue weighted by molar-refractivity contribution is 0.274. The number of benzene rings is 2. The van der Waals surface area contributed by atoms with Crippen molar-refractivity contribution in [1.29, 1.82) is 0 Å². The second kappa shape index (κ2) is 6.84. The van der Waals surface area contributed by atoms with Crippen LogP contribution in [0.1, 0.15) is 11.1 Å². The van der Waals surface area contributed by atoms with Crippen molar-refractivity contribution >= 4 is 23.2 Å². The highest BCUT2D eigenvalue weighted by atomic mass is 35.5. The first kappa shape index (κ1) is 15.0. The minimum atomic E-state index is -0.0449. The van der Waals surface area contributed by atoms with E-state index in [0.717, 1.165) is 11.1 Å². The highest BCUT2D eigenvalue weighted by molar-refractivity contribution is 6.33. The van der Waals surface area contributed by atoms with Gasteiger partial charge in [0.2, 0.25) is 0 Å². The number of ether oxygens (including phenoxy) is 2. The predicted molar refractivity (Wildman–Crippen MR) is 79.7 cm³/mol. The molecule has 0 atom stereocenters. The van der Waals surface area contributed by atoms with Crippen LogP contribution < -0.4 is 9.47 Å². The Morgan fingerprint density at radius 3 is 2.55 bits per heavy atom. The third-order valence-corrected chi connectivity index (χ3v) is 3.41. The van der Waals surface area contributed by atoms with E-state index in [4.69, 9.17) is 37.8 Å². The molecule has 0 radical (unpaired) electrons. The fourth-order valence-electron chi connectivity index (χ4n) is 1.74. The van der Waals surface area contributed by atoms with Gasteiger partial charge in [-0.15, -0.1) is 0 Å². The molecular formula is C15H14Cl2O3. The third-order valence-electron chi connectivity index (χ3n) is 2.80. The molecule has 2 rings (SSSR count). The highest BCUT2D eigenvalue weighted by Gasteiger charge is 2.08. The molecule has 2 aromatic carbocycles. The predicted octanol–water partition coefficient (Wildman–Crippen LogP) is 4.07. The molecule has 1 N–H and O–H groups in total. The van der Waals surface area contributed by atoms with Crippen LogP contribution in [0.15, 0.2) is 36.4 Å². The van der Waals surface area contributed by atoms with Gasteiger partial charge >= 0.3 is 0 Å². The Kier molecular flexibility index (Phi) is 5.12. The largest absolute Gasteiger partial charge is 0.493 e. The number of halogens is 2. The number of hydrogen-bond acceptors (Lipinski definition) is 3. The Labute approximate surface area is 127 Å². The zero-order valence-electron chi connectivity index (χ0n) is 10.9. The molecule has 0 aliphatic carbocycles. The van der Waals surface area contributed by atoms with Crippen molar-refractivity contribution in [3.05, 3.63) is 57.6 Å². The van der Waals surface area contributed by atoms with Crippen LogP contribution in [0.4, 0.5) is 0 Å². The van der Waals surface area contributed by atoms with Gasteiger partial charge in [0.1, 0.15) is 6.61 Å². The Balaban J connectivity index is 2.16. The lowest BCUT2D eigenvalue weighted by Gasteiger charge is -2.12. The molecule has 0 spiro atoms. The summed E-state index contributed by atoms with van der Waals surface area (Å²) in [5.74, 6) is 1.15. The lowest BCUT2D eigenvalue weighted by atomic mass is 10.2. The maximum atomic E-state index is 9.09. The van der Waals surface area contributed by atoms with E-state index in [9.17, 15) is 0 Å².